The Balaban J connectivity index is 2.91. The molecule has 0 fully saturated rings. The summed E-state index contributed by atoms with van der Waals surface area (Å²) in [6.45, 7) is 1.20. The second-order valence-electron chi connectivity index (χ2n) is 3.60. The first-order chi connectivity index (χ1) is 8.41. The Labute approximate surface area is 110 Å². The van der Waals surface area contributed by atoms with Gasteiger partial charge in [0.05, 0.1) is 4.91 Å². The maximum Gasteiger partial charge on any atom is 0.322 e. The number of aromatic hydroxyl groups is 1. The number of carboxylic acid groups (broad SMARTS) is 1. The van der Waals surface area contributed by atoms with Crippen molar-refractivity contribution < 1.29 is 19.8 Å². The fourth-order valence-corrected chi connectivity index (χ4v) is 1.49. The highest BCUT2D eigenvalue weighted by Crippen LogP contribution is 2.23. The maximum atomic E-state index is 11.6. The van der Waals surface area contributed by atoms with Crippen LogP contribution in [0.2, 0.25) is 0 Å². The third-order valence-corrected chi connectivity index (χ3v) is 2.79. The van der Waals surface area contributed by atoms with Gasteiger partial charge in [0, 0.05) is 0 Å². The number of phenols is 1. The summed E-state index contributed by atoms with van der Waals surface area (Å²) in [6.07, 6.45) is 0. The maximum absolute atomic E-state index is 11.6. The summed E-state index contributed by atoms with van der Waals surface area (Å²) < 4.78 is 0. The molecule has 0 unspecified atom stereocenters. The smallest absolute Gasteiger partial charge is 0.322 e. The zero-order valence-corrected chi connectivity index (χ0v) is 10.6. The number of allylic oxidation sites excluding steroid dienone is 1. The van der Waals surface area contributed by atoms with Crippen LogP contribution >= 0.6 is 12.6 Å². The number of nitrogens with one attached hydrogen (secondary N) is 1. The van der Waals surface area contributed by atoms with E-state index in [1.807, 2.05) is 0 Å². The van der Waals surface area contributed by atoms with Gasteiger partial charge in [-0.1, -0.05) is 12.1 Å². The van der Waals surface area contributed by atoms with Gasteiger partial charge in [-0.05, 0) is 30.2 Å². The predicted octanol–water partition coefficient (Wildman–Crippen LogP) is 1.25. The van der Waals surface area contributed by atoms with Gasteiger partial charge in [-0.3, -0.25) is 9.59 Å². The van der Waals surface area contributed by atoms with Gasteiger partial charge in [-0.15, -0.1) is 12.6 Å². The van der Waals surface area contributed by atoms with E-state index in [1.165, 1.54) is 12.1 Å². The minimum atomic E-state index is -1.13. The molecule has 1 aromatic rings. The number of carbonyl (C=O) groups is 2. The minimum Gasteiger partial charge on any atom is -0.508 e. The van der Waals surface area contributed by atoms with Crippen molar-refractivity contribution in [3.05, 3.63) is 34.7 Å². The van der Waals surface area contributed by atoms with Crippen molar-refractivity contribution in [2.45, 2.75) is 6.92 Å². The van der Waals surface area contributed by atoms with Crippen LogP contribution in [0, 0.1) is 0 Å². The van der Waals surface area contributed by atoms with Crippen LogP contribution in [0.5, 0.6) is 5.75 Å². The molecule has 1 aromatic carbocycles. The van der Waals surface area contributed by atoms with Gasteiger partial charge >= 0.3 is 5.97 Å². The summed E-state index contributed by atoms with van der Waals surface area (Å²) in [5, 5.41) is 20.0. The van der Waals surface area contributed by atoms with Gasteiger partial charge in [0.2, 0.25) is 0 Å². The van der Waals surface area contributed by atoms with E-state index in [9.17, 15) is 14.7 Å². The Morgan fingerprint density at radius 2 is 2.06 bits per heavy atom. The largest absolute Gasteiger partial charge is 0.508 e. The van der Waals surface area contributed by atoms with Crippen LogP contribution in [0.4, 0.5) is 0 Å². The summed E-state index contributed by atoms with van der Waals surface area (Å²) in [5.41, 5.74) is 1.20. The normalized spacial score (nSPS) is 11.7. The fraction of sp³-hybridized carbons (Fsp3) is 0.167. The Morgan fingerprint density at radius 1 is 1.39 bits per heavy atom. The second kappa shape index (κ2) is 6.11. The van der Waals surface area contributed by atoms with Crippen LogP contribution in [0.15, 0.2) is 29.2 Å². The van der Waals surface area contributed by atoms with Gasteiger partial charge in [0.25, 0.3) is 5.91 Å². The number of hydrogen-bond acceptors (Lipinski definition) is 4. The standard InChI is InChI=1S/C12H13NO4S/c1-7(8-3-2-4-9(14)5-8)11(18)12(17)13-6-10(15)16/h2-5,14,18H,6H2,1H3,(H,13,17)(H,15,16)/b11-7-. The lowest BCUT2D eigenvalue weighted by atomic mass is 10.1. The van der Waals surface area contributed by atoms with Crippen molar-refractivity contribution in [1.82, 2.24) is 5.32 Å². The number of hydrogen-bond donors (Lipinski definition) is 4. The van der Waals surface area contributed by atoms with Crippen LogP contribution in [0.1, 0.15) is 12.5 Å². The molecule has 1 amide bonds. The summed E-state index contributed by atoms with van der Waals surface area (Å²) >= 11 is 4.06. The molecule has 0 bridgehead atoms. The van der Waals surface area contributed by atoms with E-state index in [-0.39, 0.29) is 10.7 Å². The van der Waals surface area contributed by atoms with E-state index in [0.29, 0.717) is 11.1 Å². The summed E-state index contributed by atoms with van der Waals surface area (Å²) in [6, 6.07) is 6.37. The summed E-state index contributed by atoms with van der Waals surface area (Å²) in [5.74, 6) is -1.61. The number of benzene rings is 1. The molecule has 0 saturated carbocycles. The molecule has 0 aliphatic rings. The molecule has 0 aromatic heterocycles. The lowest BCUT2D eigenvalue weighted by Crippen LogP contribution is -2.29. The zero-order valence-electron chi connectivity index (χ0n) is 9.67. The molecule has 0 atom stereocenters. The van der Waals surface area contributed by atoms with Crippen molar-refractivity contribution in [1.29, 1.82) is 0 Å². The van der Waals surface area contributed by atoms with E-state index in [1.54, 1.807) is 19.1 Å². The van der Waals surface area contributed by atoms with Gasteiger partial charge < -0.3 is 15.5 Å². The third-order valence-electron chi connectivity index (χ3n) is 2.25. The monoisotopic (exact) mass is 267 g/mol. The molecular weight excluding hydrogens is 254 g/mol. The second-order valence-corrected chi connectivity index (χ2v) is 4.05. The number of rotatable bonds is 4. The van der Waals surface area contributed by atoms with E-state index in [4.69, 9.17) is 5.11 Å². The van der Waals surface area contributed by atoms with Crippen molar-refractivity contribution in [3.63, 3.8) is 0 Å². The van der Waals surface area contributed by atoms with Crippen LogP contribution < -0.4 is 5.32 Å². The molecule has 0 radical (unpaired) electrons. The van der Waals surface area contributed by atoms with E-state index >= 15 is 0 Å². The van der Waals surface area contributed by atoms with Crippen LogP contribution in [-0.4, -0.2) is 28.6 Å². The van der Waals surface area contributed by atoms with Crippen LogP contribution in [-0.2, 0) is 9.59 Å². The topological polar surface area (TPSA) is 86.6 Å². The molecule has 1 rings (SSSR count). The third kappa shape index (κ3) is 3.81. The van der Waals surface area contributed by atoms with Crippen molar-refractivity contribution in [2.75, 3.05) is 6.54 Å². The predicted molar refractivity (Wildman–Crippen MR) is 70.3 cm³/mol. The Bertz CT molecular complexity index is 511. The molecule has 0 aliphatic heterocycles. The highest BCUT2D eigenvalue weighted by molar-refractivity contribution is 7.85. The molecule has 0 saturated heterocycles. The van der Waals surface area contributed by atoms with Crippen molar-refractivity contribution in [2.24, 2.45) is 0 Å². The number of carbonyl (C=O) groups excluding carboxylic acids is 1. The van der Waals surface area contributed by atoms with Crippen molar-refractivity contribution >= 4 is 30.1 Å². The highest BCUT2D eigenvalue weighted by atomic mass is 32.1. The van der Waals surface area contributed by atoms with Gasteiger partial charge in [-0.2, -0.15) is 0 Å². The van der Waals surface area contributed by atoms with Crippen molar-refractivity contribution in [3.8, 4) is 5.75 Å². The number of thiol groups is 1. The average Bonchev–Trinajstić information content (AvgIpc) is 2.34. The molecule has 5 nitrogen and oxygen atoms in total. The summed E-state index contributed by atoms with van der Waals surface area (Å²) in [4.78, 5) is 22.0. The Kier molecular flexibility index (Phi) is 4.79. The molecule has 18 heavy (non-hydrogen) atoms. The lowest BCUT2D eigenvalue weighted by Gasteiger charge is -2.07. The molecule has 96 valence electrons. The first-order valence-corrected chi connectivity index (χ1v) is 5.55. The van der Waals surface area contributed by atoms with E-state index in [2.05, 4.69) is 17.9 Å². The number of carboxylic acids is 1. The zero-order chi connectivity index (χ0) is 13.7. The van der Waals surface area contributed by atoms with Gasteiger partial charge in [0.15, 0.2) is 0 Å². The SMILES string of the molecule is C/C(=C(/S)C(=O)NCC(=O)O)c1cccc(O)c1. The number of amides is 1. The van der Waals surface area contributed by atoms with Gasteiger partial charge in [-0.25, -0.2) is 0 Å². The molecular formula is C12H13NO4S. The molecule has 0 aliphatic carbocycles. The van der Waals surface area contributed by atoms with E-state index < -0.39 is 18.4 Å². The van der Waals surface area contributed by atoms with Gasteiger partial charge in [0.1, 0.15) is 12.3 Å². The number of aliphatic carboxylic acids is 1. The Morgan fingerprint density at radius 3 is 2.61 bits per heavy atom. The fourth-order valence-electron chi connectivity index (χ4n) is 1.29. The molecule has 0 spiro atoms. The van der Waals surface area contributed by atoms with Crippen LogP contribution in [0.25, 0.3) is 5.57 Å². The molecule has 0 heterocycles. The quantitative estimate of drug-likeness (QED) is 0.488. The minimum absolute atomic E-state index is 0.0823. The molecule has 3 N–H and O–H groups in total. The van der Waals surface area contributed by atoms with E-state index in [0.717, 1.165) is 0 Å². The summed E-state index contributed by atoms with van der Waals surface area (Å²) in [7, 11) is 0. The number of phenolic OH excluding ortho intramolecular Hbond substituents is 1. The average molecular weight is 267 g/mol. The lowest BCUT2D eigenvalue weighted by molar-refractivity contribution is -0.137. The highest BCUT2D eigenvalue weighted by Gasteiger charge is 2.11. The first kappa shape index (κ1) is 14.1. The first-order valence-electron chi connectivity index (χ1n) is 5.11. The van der Waals surface area contributed by atoms with Crippen LogP contribution in [0.3, 0.4) is 0 Å². The molecule has 6 heteroatoms. The Hall–Kier alpha value is -1.95.